The van der Waals surface area contributed by atoms with Gasteiger partial charge in [0, 0.05) is 18.8 Å². The highest BCUT2D eigenvalue weighted by Crippen LogP contribution is 2.45. The van der Waals surface area contributed by atoms with Crippen molar-refractivity contribution in [1.82, 2.24) is 15.6 Å². The standard InChI is InChI=1S/C23H25N5O3S.ClH/c1-13(2)31-16-7-5-15(6-8-16)28-17-9-11-25-22-18(17)19(27-23(28)30)20(32-22)21(29)26-14-4-3-10-24-12-14;/h5-9,11,13-14,24H,3-4,10,12H2,1-2H3,(H,26,29)(H,27,30);1H. The number of pyridine rings is 1. The molecule has 5 rings (SSSR count). The molecule has 0 saturated carbocycles. The van der Waals surface area contributed by atoms with Crippen molar-refractivity contribution in [2.24, 2.45) is 0 Å². The number of piperidine rings is 1. The minimum Gasteiger partial charge on any atom is -0.491 e. The zero-order valence-electron chi connectivity index (χ0n) is 18.4. The summed E-state index contributed by atoms with van der Waals surface area (Å²) in [5.74, 6) is 0.569. The van der Waals surface area contributed by atoms with E-state index in [4.69, 9.17) is 4.74 Å². The first-order valence-electron chi connectivity index (χ1n) is 10.8. The number of hydrogen-bond acceptors (Lipinski definition) is 6. The van der Waals surface area contributed by atoms with Crippen molar-refractivity contribution in [2.75, 3.05) is 23.3 Å². The third kappa shape index (κ3) is 4.48. The maximum Gasteiger partial charge on any atom is 0.331 e. The van der Waals surface area contributed by atoms with Gasteiger partial charge in [0.05, 0.1) is 28.6 Å². The zero-order valence-corrected chi connectivity index (χ0v) is 20.0. The number of nitrogens with zero attached hydrogens (tertiary/aromatic N) is 2. The normalized spacial score (nSPS) is 17.5. The molecule has 10 heteroatoms. The molecule has 4 heterocycles. The van der Waals surface area contributed by atoms with Crippen LogP contribution in [0.3, 0.4) is 0 Å². The highest BCUT2D eigenvalue weighted by molar-refractivity contribution is 7.21. The predicted octanol–water partition coefficient (Wildman–Crippen LogP) is 4.67. The number of rotatable bonds is 5. The van der Waals surface area contributed by atoms with Crippen molar-refractivity contribution in [3.05, 3.63) is 41.4 Å². The lowest BCUT2D eigenvalue weighted by molar-refractivity contribution is 0.0935. The number of amides is 3. The van der Waals surface area contributed by atoms with Gasteiger partial charge in [-0.2, -0.15) is 0 Å². The minimum absolute atomic E-state index is 0. The first-order valence-corrected chi connectivity index (χ1v) is 11.6. The monoisotopic (exact) mass is 487 g/mol. The molecule has 2 aromatic heterocycles. The first-order chi connectivity index (χ1) is 15.5. The number of hydrogen-bond donors (Lipinski definition) is 3. The van der Waals surface area contributed by atoms with Gasteiger partial charge in [-0.25, -0.2) is 9.78 Å². The highest BCUT2D eigenvalue weighted by atomic mass is 35.5. The van der Waals surface area contributed by atoms with Crippen LogP contribution in [0.15, 0.2) is 36.5 Å². The van der Waals surface area contributed by atoms with E-state index in [-0.39, 0.29) is 36.5 Å². The van der Waals surface area contributed by atoms with Crippen molar-refractivity contribution >= 4 is 63.0 Å². The maximum absolute atomic E-state index is 13.1. The summed E-state index contributed by atoms with van der Waals surface area (Å²) in [6, 6.07) is 8.98. The Hall–Kier alpha value is -2.88. The molecule has 0 bridgehead atoms. The molecule has 1 unspecified atom stereocenters. The number of carbonyl (C=O) groups is 2. The summed E-state index contributed by atoms with van der Waals surface area (Å²) in [6.07, 6.45) is 3.72. The molecule has 0 spiro atoms. The SMILES string of the molecule is CC(C)Oc1ccc(N2C(=O)Nc3c(C(=O)NC4CCCNC4)sc4nccc2c34)cc1.Cl. The third-order valence-corrected chi connectivity index (χ3v) is 6.65. The highest BCUT2D eigenvalue weighted by Gasteiger charge is 2.33. The molecular weight excluding hydrogens is 462 g/mol. The maximum atomic E-state index is 13.1. The van der Waals surface area contributed by atoms with Crippen LogP contribution in [0, 0.1) is 0 Å². The molecule has 2 aliphatic rings. The van der Waals surface area contributed by atoms with E-state index >= 15 is 0 Å². The Labute approximate surface area is 202 Å². The van der Waals surface area contributed by atoms with Gasteiger partial charge in [0.15, 0.2) is 0 Å². The summed E-state index contributed by atoms with van der Waals surface area (Å²) in [6.45, 7) is 5.67. The molecule has 1 aromatic carbocycles. The summed E-state index contributed by atoms with van der Waals surface area (Å²) < 4.78 is 5.71. The number of carbonyl (C=O) groups excluding carboxylic acids is 2. The average Bonchev–Trinajstić information content (AvgIpc) is 3.15. The van der Waals surface area contributed by atoms with Gasteiger partial charge >= 0.3 is 6.03 Å². The second-order valence-electron chi connectivity index (χ2n) is 8.26. The number of thiophene rings is 1. The van der Waals surface area contributed by atoms with E-state index in [1.54, 1.807) is 11.1 Å². The summed E-state index contributed by atoms with van der Waals surface area (Å²) in [5, 5.41) is 10.1. The van der Waals surface area contributed by atoms with E-state index in [0.717, 1.165) is 37.1 Å². The molecule has 8 nitrogen and oxygen atoms in total. The van der Waals surface area contributed by atoms with E-state index in [0.29, 0.717) is 26.8 Å². The molecule has 174 valence electrons. The largest absolute Gasteiger partial charge is 0.491 e. The Kier molecular flexibility index (Phi) is 6.73. The van der Waals surface area contributed by atoms with Crippen LogP contribution in [-0.4, -0.2) is 42.2 Å². The molecule has 3 N–H and O–H groups in total. The molecule has 33 heavy (non-hydrogen) atoms. The lowest BCUT2D eigenvalue weighted by Crippen LogP contribution is -2.45. The molecular formula is C23H26ClN5O3S. The smallest absolute Gasteiger partial charge is 0.331 e. The van der Waals surface area contributed by atoms with E-state index < -0.39 is 0 Å². The topological polar surface area (TPSA) is 95.6 Å². The van der Waals surface area contributed by atoms with Crippen molar-refractivity contribution in [3.8, 4) is 5.75 Å². The van der Waals surface area contributed by atoms with Gasteiger partial charge in [0.2, 0.25) is 0 Å². The number of nitrogens with one attached hydrogen (secondary N) is 3. The number of anilines is 3. The lowest BCUT2D eigenvalue weighted by atomic mass is 10.1. The summed E-state index contributed by atoms with van der Waals surface area (Å²) in [5.41, 5.74) is 1.96. The Balaban J connectivity index is 0.00000259. The van der Waals surface area contributed by atoms with Crippen LogP contribution in [0.4, 0.5) is 21.9 Å². The van der Waals surface area contributed by atoms with Gasteiger partial charge in [0.1, 0.15) is 15.5 Å². The predicted molar refractivity (Wildman–Crippen MR) is 134 cm³/mol. The van der Waals surface area contributed by atoms with Crippen LogP contribution in [0.1, 0.15) is 36.4 Å². The molecule has 1 atom stereocenters. The van der Waals surface area contributed by atoms with E-state index in [9.17, 15) is 9.59 Å². The lowest BCUT2D eigenvalue weighted by Gasteiger charge is -2.28. The van der Waals surface area contributed by atoms with Gasteiger partial charge < -0.3 is 20.7 Å². The van der Waals surface area contributed by atoms with Gasteiger partial charge in [-0.3, -0.25) is 9.69 Å². The summed E-state index contributed by atoms with van der Waals surface area (Å²) in [7, 11) is 0. The first kappa shape index (κ1) is 23.3. The Morgan fingerprint density at radius 3 is 2.76 bits per heavy atom. The second-order valence-corrected chi connectivity index (χ2v) is 9.26. The molecule has 1 saturated heterocycles. The van der Waals surface area contributed by atoms with Crippen LogP contribution in [-0.2, 0) is 0 Å². The van der Waals surface area contributed by atoms with Gasteiger partial charge in [-0.15, -0.1) is 23.7 Å². The van der Waals surface area contributed by atoms with Crippen LogP contribution in [0.25, 0.3) is 10.2 Å². The summed E-state index contributed by atoms with van der Waals surface area (Å²) in [4.78, 5) is 33.5. The second kappa shape index (κ2) is 9.54. The number of halogens is 1. The van der Waals surface area contributed by atoms with Gasteiger partial charge in [-0.05, 0) is 63.6 Å². The molecule has 1 fully saturated rings. The van der Waals surface area contributed by atoms with E-state index in [2.05, 4.69) is 20.9 Å². The minimum atomic E-state index is -0.311. The van der Waals surface area contributed by atoms with Crippen molar-refractivity contribution in [2.45, 2.75) is 38.8 Å². The number of benzene rings is 1. The van der Waals surface area contributed by atoms with Crippen LogP contribution < -0.4 is 25.6 Å². The Morgan fingerprint density at radius 1 is 1.27 bits per heavy atom. The van der Waals surface area contributed by atoms with Crippen molar-refractivity contribution < 1.29 is 14.3 Å². The number of ether oxygens (including phenoxy) is 1. The molecule has 3 amide bonds. The van der Waals surface area contributed by atoms with Crippen molar-refractivity contribution in [3.63, 3.8) is 0 Å². The number of aromatic nitrogens is 1. The van der Waals surface area contributed by atoms with Crippen LogP contribution in [0.2, 0.25) is 0 Å². The average molecular weight is 488 g/mol. The van der Waals surface area contributed by atoms with Gasteiger partial charge in [0.25, 0.3) is 5.91 Å². The Bertz CT molecular complexity index is 1170. The van der Waals surface area contributed by atoms with Crippen LogP contribution in [0.5, 0.6) is 5.75 Å². The third-order valence-electron chi connectivity index (χ3n) is 5.55. The Morgan fingerprint density at radius 2 is 2.06 bits per heavy atom. The quantitative estimate of drug-likeness (QED) is 0.486. The van der Waals surface area contributed by atoms with E-state index in [1.807, 2.05) is 44.2 Å². The van der Waals surface area contributed by atoms with Gasteiger partial charge in [-0.1, -0.05) is 0 Å². The number of urea groups is 1. The fourth-order valence-corrected chi connectivity index (χ4v) is 5.19. The van der Waals surface area contributed by atoms with Crippen molar-refractivity contribution in [1.29, 1.82) is 0 Å². The zero-order chi connectivity index (χ0) is 22.2. The fourth-order valence-electron chi connectivity index (χ4n) is 4.17. The summed E-state index contributed by atoms with van der Waals surface area (Å²) >= 11 is 1.30. The fraction of sp³-hybridized carbons (Fsp3) is 0.348. The molecule has 3 aromatic rings. The molecule has 0 aliphatic carbocycles. The molecule has 2 aliphatic heterocycles. The van der Waals surface area contributed by atoms with Crippen LogP contribution >= 0.6 is 23.7 Å². The molecule has 0 radical (unpaired) electrons. The van der Waals surface area contributed by atoms with E-state index in [1.165, 1.54) is 11.3 Å².